The molecule has 7 heteroatoms. The molecule has 0 atom stereocenters. The molecule has 3 N–H and O–H groups in total. The Balaban J connectivity index is 2.39. The summed E-state index contributed by atoms with van der Waals surface area (Å²) in [6, 6.07) is 6.00. The number of nitrogens with zero attached hydrogens (tertiary/aromatic N) is 1. The van der Waals surface area contributed by atoms with E-state index in [2.05, 4.69) is 20.9 Å². The van der Waals surface area contributed by atoms with Crippen molar-refractivity contribution in [1.82, 2.24) is 16.0 Å². The molecule has 0 bridgehead atoms. The molecule has 27 heavy (non-hydrogen) atoms. The third-order valence-electron chi connectivity index (χ3n) is 3.62. The summed E-state index contributed by atoms with van der Waals surface area (Å²) in [6.45, 7) is 9.35. The van der Waals surface area contributed by atoms with Crippen LogP contribution in [0.25, 0.3) is 0 Å². The molecule has 1 rings (SSSR count). The Morgan fingerprint density at radius 3 is 2.52 bits per heavy atom. The van der Waals surface area contributed by atoms with Crippen molar-refractivity contribution >= 4 is 11.9 Å². The molecular weight excluding hydrogens is 344 g/mol. The number of aliphatic imine (C=N–C) groups is 1. The average molecular weight is 379 g/mol. The van der Waals surface area contributed by atoms with Gasteiger partial charge >= 0.3 is 0 Å². The van der Waals surface area contributed by atoms with Crippen LogP contribution in [0.1, 0.15) is 39.7 Å². The van der Waals surface area contributed by atoms with Crippen molar-refractivity contribution in [2.45, 2.75) is 46.1 Å². The zero-order chi connectivity index (χ0) is 20.3. The molecule has 1 aromatic carbocycles. The van der Waals surface area contributed by atoms with E-state index in [4.69, 9.17) is 9.47 Å². The summed E-state index contributed by atoms with van der Waals surface area (Å²) in [6.07, 6.45) is 1.82. The highest BCUT2D eigenvalue weighted by atomic mass is 16.5. The molecule has 0 aliphatic rings. The van der Waals surface area contributed by atoms with Gasteiger partial charge in [0.25, 0.3) is 0 Å². The van der Waals surface area contributed by atoms with Crippen molar-refractivity contribution in [3.63, 3.8) is 0 Å². The van der Waals surface area contributed by atoms with Crippen LogP contribution < -0.4 is 25.4 Å². The summed E-state index contributed by atoms with van der Waals surface area (Å²) in [5.74, 6) is 2.07. The highest BCUT2D eigenvalue weighted by Crippen LogP contribution is 2.28. The monoisotopic (exact) mass is 378 g/mol. The molecule has 0 saturated heterocycles. The van der Waals surface area contributed by atoms with Gasteiger partial charge in [-0.05, 0) is 58.2 Å². The summed E-state index contributed by atoms with van der Waals surface area (Å²) >= 11 is 0. The number of guanidine groups is 1. The summed E-state index contributed by atoms with van der Waals surface area (Å²) in [5, 5.41) is 9.15. The van der Waals surface area contributed by atoms with E-state index < -0.39 is 0 Å². The van der Waals surface area contributed by atoms with E-state index in [0.29, 0.717) is 12.6 Å². The minimum atomic E-state index is -0.242. The van der Waals surface area contributed by atoms with Crippen LogP contribution in [-0.2, 0) is 11.2 Å². The van der Waals surface area contributed by atoms with Gasteiger partial charge in [-0.1, -0.05) is 6.07 Å². The molecule has 152 valence electrons. The second-order valence-corrected chi connectivity index (χ2v) is 7.17. The van der Waals surface area contributed by atoms with Crippen molar-refractivity contribution in [3.8, 4) is 11.5 Å². The van der Waals surface area contributed by atoms with Crippen LogP contribution in [0, 0.1) is 0 Å². The molecule has 0 unspecified atom stereocenters. The van der Waals surface area contributed by atoms with Crippen molar-refractivity contribution in [2.24, 2.45) is 4.99 Å². The molecule has 0 aromatic heterocycles. The van der Waals surface area contributed by atoms with Gasteiger partial charge in [-0.3, -0.25) is 9.79 Å². The fraction of sp³-hybridized carbons (Fsp3) is 0.600. The molecule has 0 fully saturated rings. The molecule has 0 heterocycles. The summed E-state index contributed by atoms with van der Waals surface area (Å²) in [7, 11) is 3.33. The van der Waals surface area contributed by atoms with E-state index in [1.165, 1.54) is 5.56 Å². The van der Waals surface area contributed by atoms with Crippen LogP contribution in [0.15, 0.2) is 23.2 Å². The quantitative estimate of drug-likeness (QED) is 0.348. The second-order valence-electron chi connectivity index (χ2n) is 7.17. The first-order valence-electron chi connectivity index (χ1n) is 9.34. The maximum Gasteiger partial charge on any atom is 0.239 e. The third-order valence-corrected chi connectivity index (χ3v) is 3.62. The third kappa shape index (κ3) is 9.17. The Kier molecular flexibility index (Phi) is 9.47. The Morgan fingerprint density at radius 1 is 1.19 bits per heavy atom. The highest BCUT2D eigenvalue weighted by Gasteiger charge is 2.13. The predicted octanol–water partition coefficient (Wildman–Crippen LogP) is 2.11. The van der Waals surface area contributed by atoms with Gasteiger partial charge in [0.1, 0.15) is 0 Å². The minimum Gasteiger partial charge on any atom is -0.493 e. The fourth-order valence-corrected chi connectivity index (χ4v) is 2.49. The molecule has 0 aliphatic heterocycles. The van der Waals surface area contributed by atoms with Gasteiger partial charge < -0.3 is 25.4 Å². The van der Waals surface area contributed by atoms with Crippen molar-refractivity contribution in [2.75, 3.05) is 33.9 Å². The van der Waals surface area contributed by atoms with E-state index in [1.54, 1.807) is 14.2 Å². The van der Waals surface area contributed by atoms with Crippen molar-refractivity contribution in [3.05, 3.63) is 23.8 Å². The molecule has 1 aromatic rings. The van der Waals surface area contributed by atoms with Gasteiger partial charge in [0.05, 0.1) is 20.3 Å². The Labute approximate surface area is 162 Å². The minimum absolute atomic E-state index is 0.0628. The van der Waals surface area contributed by atoms with Crippen molar-refractivity contribution < 1.29 is 14.3 Å². The number of aryl methyl sites for hydroxylation is 1. The molecule has 7 nitrogen and oxygen atoms in total. The topological polar surface area (TPSA) is 84.0 Å². The zero-order valence-electron chi connectivity index (χ0n) is 17.4. The largest absolute Gasteiger partial charge is 0.493 e. The Morgan fingerprint density at radius 2 is 1.93 bits per heavy atom. The number of nitrogens with one attached hydrogen (secondary N) is 3. The van der Waals surface area contributed by atoms with Crippen LogP contribution in [0.4, 0.5) is 0 Å². The lowest BCUT2D eigenvalue weighted by atomic mass is 10.1. The van der Waals surface area contributed by atoms with Gasteiger partial charge in [0.2, 0.25) is 5.91 Å². The predicted molar refractivity (Wildman–Crippen MR) is 110 cm³/mol. The molecule has 0 aliphatic carbocycles. The van der Waals surface area contributed by atoms with Crippen LogP contribution in [0.2, 0.25) is 0 Å². The van der Waals surface area contributed by atoms with Gasteiger partial charge in [0.15, 0.2) is 17.5 Å². The average Bonchev–Trinajstić information content (AvgIpc) is 2.60. The summed E-state index contributed by atoms with van der Waals surface area (Å²) < 4.78 is 10.9. The maximum absolute atomic E-state index is 11.9. The van der Waals surface area contributed by atoms with Crippen molar-refractivity contribution in [1.29, 1.82) is 0 Å². The second kappa shape index (κ2) is 11.3. The van der Waals surface area contributed by atoms with E-state index in [1.807, 2.05) is 45.9 Å². The summed E-state index contributed by atoms with van der Waals surface area (Å²) in [5.41, 5.74) is 0.947. The highest BCUT2D eigenvalue weighted by molar-refractivity contribution is 5.86. The van der Waals surface area contributed by atoms with Gasteiger partial charge in [-0.25, -0.2) is 0 Å². The lowest BCUT2D eigenvalue weighted by Crippen LogP contribution is -2.48. The maximum atomic E-state index is 11.9. The first-order valence-corrected chi connectivity index (χ1v) is 9.34. The van der Waals surface area contributed by atoms with Gasteiger partial charge in [-0.15, -0.1) is 0 Å². The first kappa shape index (κ1) is 22.6. The van der Waals surface area contributed by atoms with Crippen LogP contribution >= 0.6 is 0 Å². The van der Waals surface area contributed by atoms with Crippen LogP contribution in [0.3, 0.4) is 0 Å². The van der Waals surface area contributed by atoms with Crippen LogP contribution in [0.5, 0.6) is 11.5 Å². The number of rotatable bonds is 9. The van der Waals surface area contributed by atoms with E-state index >= 15 is 0 Å². The van der Waals surface area contributed by atoms with E-state index in [-0.39, 0.29) is 18.0 Å². The lowest BCUT2D eigenvalue weighted by Gasteiger charge is -2.21. The number of carbonyl (C=O) groups excluding carboxylic acids is 1. The SMILES string of the molecule is CCOc1cc(CCCNC(=NC)NCC(=O)NC(C)(C)C)ccc1OC. The normalized spacial score (nSPS) is 11.7. The number of ether oxygens (including phenoxy) is 2. The number of hydrogen-bond donors (Lipinski definition) is 3. The number of amides is 1. The Bertz CT molecular complexity index is 624. The van der Waals surface area contributed by atoms with Gasteiger partial charge in [0, 0.05) is 19.1 Å². The van der Waals surface area contributed by atoms with Gasteiger partial charge in [-0.2, -0.15) is 0 Å². The molecule has 0 spiro atoms. The number of hydrogen-bond acceptors (Lipinski definition) is 4. The summed E-state index contributed by atoms with van der Waals surface area (Å²) in [4.78, 5) is 16.0. The number of carbonyl (C=O) groups is 1. The lowest BCUT2D eigenvalue weighted by molar-refractivity contribution is -0.121. The smallest absolute Gasteiger partial charge is 0.239 e. The molecule has 0 radical (unpaired) electrons. The van der Waals surface area contributed by atoms with Crippen LogP contribution in [-0.4, -0.2) is 51.3 Å². The molecular formula is C20H34N4O3. The first-order chi connectivity index (χ1) is 12.8. The Hall–Kier alpha value is -2.44. The molecule has 0 saturated carbocycles. The standard InChI is InChI=1S/C20H34N4O3/c1-7-27-17-13-15(10-11-16(17)26-6)9-8-12-22-19(21-5)23-14-18(25)24-20(2,3)4/h10-11,13H,7-9,12,14H2,1-6H3,(H,24,25)(H2,21,22,23). The number of methoxy groups -OCH3 is 1. The number of benzene rings is 1. The van der Waals surface area contributed by atoms with E-state index in [0.717, 1.165) is 30.9 Å². The molecule has 1 amide bonds. The fourth-order valence-electron chi connectivity index (χ4n) is 2.49. The van der Waals surface area contributed by atoms with E-state index in [9.17, 15) is 4.79 Å². The zero-order valence-corrected chi connectivity index (χ0v) is 17.4.